The minimum atomic E-state index is -4.67. The molecule has 0 saturated carbocycles. The Morgan fingerprint density at radius 1 is 0.587 bits per heavy atom. The predicted octanol–water partition coefficient (Wildman–Crippen LogP) is 13.1. The van der Waals surface area contributed by atoms with Crippen LogP contribution in [0.4, 0.5) is 0 Å². The van der Waals surface area contributed by atoms with E-state index in [0.29, 0.717) is 19.3 Å². The zero-order chi connectivity index (χ0) is 46.5. The van der Waals surface area contributed by atoms with Gasteiger partial charge in [-0.2, -0.15) is 0 Å². The van der Waals surface area contributed by atoms with Crippen LogP contribution in [0.1, 0.15) is 226 Å². The molecule has 0 saturated heterocycles. The molecule has 0 aliphatic rings. The molecular formula is C51H95O11P. The fraction of sp³-hybridized carbons (Fsp3) is 0.843. The van der Waals surface area contributed by atoms with Crippen LogP contribution in [0.15, 0.2) is 36.5 Å². The van der Waals surface area contributed by atoms with Crippen LogP contribution in [0.3, 0.4) is 0 Å². The number of rotatable bonds is 47. The second-order valence-electron chi connectivity index (χ2n) is 17.6. The summed E-state index contributed by atoms with van der Waals surface area (Å²) < 4.78 is 32.7. The van der Waals surface area contributed by atoms with Gasteiger partial charge in [-0.1, -0.05) is 211 Å². The van der Waals surface area contributed by atoms with Crippen molar-refractivity contribution in [3.63, 3.8) is 0 Å². The summed E-state index contributed by atoms with van der Waals surface area (Å²) in [6.45, 7) is 4.58. The van der Waals surface area contributed by atoms with Gasteiger partial charge >= 0.3 is 19.8 Å². The smallest absolute Gasteiger partial charge is 0.462 e. The maximum absolute atomic E-state index is 12.7. The van der Waals surface area contributed by atoms with Gasteiger partial charge in [0.15, 0.2) is 6.10 Å². The first-order valence-electron chi connectivity index (χ1n) is 25.4. The largest absolute Gasteiger partial charge is 0.472 e. The molecule has 370 valence electrons. The minimum absolute atomic E-state index is 0.0381. The van der Waals surface area contributed by atoms with E-state index in [9.17, 15) is 29.3 Å². The van der Waals surface area contributed by atoms with Crippen LogP contribution in [0.5, 0.6) is 0 Å². The molecule has 0 rings (SSSR count). The molecule has 0 aromatic carbocycles. The second kappa shape index (κ2) is 45.3. The number of allylic oxidation sites excluding steroid dienone is 5. The van der Waals surface area contributed by atoms with Gasteiger partial charge in [0.1, 0.15) is 12.7 Å². The lowest BCUT2D eigenvalue weighted by molar-refractivity contribution is -0.161. The first-order chi connectivity index (χ1) is 30.5. The van der Waals surface area contributed by atoms with Crippen LogP contribution in [0.25, 0.3) is 0 Å². The Kier molecular flexibility index (Phi) is 44.0. The number of aliphatic hydroxyl groups is 3. The molecular weight excluding hydrogens is 820 g/mol. The molecule has 11 nitrogen and oxygen atoms in total. The highest BCUT2D eigenvalue weighted by Gasteiger charge is 2.27. The Balaban J connectivity index is 4.30. The van der Waals surface area contributed by atoms with Crippen LogP contribution in [0, 0.1) is 5.92 Å². The van der Waals surface area contributed by atoms with Crippen molar-refractivity contribution in [3.8, 4) is 0 Å². The number of carbonyl (C=O) groups is 2. The van der Waals surface area contributed by atoms with Crippen molar-refractivity contribution in [3.05, 3.63) is 36.5 Å². The summed E-state index contributed by atoms with van der Waals surface area (Å²) in [6, 6.07) is 0. The van der Waals surface area contributed by atoms with Crippen LogP contribution < -0.4 is 0 Å². The van der Waals surface area contributed by atoms with Crippen molar-refractivity contribution < 1.29 is 52.9 Å². The highest BCUT2D eigenvalue weighted by Crippen LogP contribution is 2.43. The first kappa shape index (κ1) is 61.1. The highest BCUT2D eigenvalue weighted by atomic mass is 31.2. The minimum Gasteiger partial charge on any atom is -0.462 e. The Bertz CT molecular complexity index is 1180. The number of aliphatic hydroxyl groups excluding tert-OH is 3. The molecule has 0 aromatic heterocycles. The number of esters is 2. The third-order valence-corrected chi connectivity index (χ3v) is 12.4. The molecule has 0 bridgehead atoms. The Morgan fingerprint density at radius 3 is 1.68 bits per heavy atom. The average molecular weight is 915 g/mol. The van der Waals surface area contributed by atoms with E-state index in [1.807, 2.05) is 12.2 Å². The van der Waals surface area contributed by atoms with E-state index in [2.05, 4.69) is 37.4 Å². The summed E-state index contributed by atoms with van der Waals surface area (Å²) in [4.78, 5) is 35.2. The highest BCUT2D eigenvalue weighted by molar-refractivity contribution is 7.47. The van der Waals surface area contributed by atoms with Crippen molar-refractivity contribution >= 4 is 19.8 Å². The van der Waals surface area contributed by atoms with Gasteiger partial charge in [0.05, 0.1) is 25.9 Å². The van der Waals surface area contributed by atoms with Crippen molar-refractivity contribution in [1.82, 2.24) is 0 Å². The fourth-order valence-electron chi connectivity index (χ4n) is 7.10. The van der Waals surface area contributed by atoms with Crippen LogP contribution in [-0.4, -0.2) is 76.9 Å². The van der Waals surface area contributed by atoms with Crippen LogP contribution in [0.2, 0.25) is 0 Å². The molecule has 0 aromatic rings. The zero-order valence-corrected chi connectivity index (χ0v) is 41.2. The van der Waals surface area contributed by atoms with E-state index in [1.165, 1.54) is 141 Å². The molecule has 0 heterocycles. The summed E-state index contributed by atoms with van der Waals surface area (Å²) in [5.74, 6) is -0.224. The number of carbonyl (C=O) groups excluding carboxylic acids is 2. The van der Waals surface area contributed by atoms with E-state index >= 15 is 0 Å². The SMILES string of the molecule is CCCCCCCC/C=C/C/C=C/C=C/C(O)CCCC(=O)O[C@H](COC(=O)CCCCCCCCCCCCCCCCCCCCC(C)CC)COP(=O)(O)OC[C@@H](O)CO. The number of hydrogen-bond acceptors (Lipinski definition) is 10. The van der Waals surface area contributed by atoms with Crippen molar-refractivity contribution in [2.24, 2.45) is 5.92 Å². The quantitative estimate of drug-likeness (QED) is 0.0151. The molecule has 0 fully saturated rings. The summed E-state index contributed by atoms with van der Waals surface area (Å²) in [6.07, 6.45) is 44.2. The lowest BCUT2D eigenvalue weighted by atomic mass is 9.99. The van der Waals surface area contributed by atoms with Crippen LogP contribution >= 0.6 is 7.82 Å². The molecule has 0 amide bonds. The molecule has 5 atom stereocenters. The third kappa shape index (κ3) is 45.1. The molecule has 63 heavy (non-hydrogen) atoms. The summed E-state index contributed by atoms with van der Waals surface area (Å²) >= 11 is 0. The van der Waals surface area contributed by atoms with Crippen LogP contribution in [-0.2, 0) is 32.7 Å². The van der Waals surface area contributed by atoms with Gasteiger partial charge in [0.25, 0.3) is 0 Å². The van der Waals surface area contributed by atoms with E-state index in [4.69, 9.17) is 19.1 Å². The van der Waals surface area contributed by atoms with Gasteiger partial charge in [-0.25, -0.2) is 4.57 Å². The number of hydrogen-bond donors (Lipinski definition) is 4. The Morgan fingerprint density at radius 2 is 1.11 bits per heavy atom. The number of ether oxygens (including phenoxy) is 2. The monoisotopic (exact) mass is 915 g/mol. The van der Waals surface area contributed by atoms with E-state index in [1.54, 1.807) is 12.2 Å². The normalized spacial score (nSPS) is 15.0. The summed E-state index contributed by atoms with van der Waals surface area (Å²) in [7, 11) is -4.67. The van der Waals surface area contributed by atoms with Gasteiger partial charge in [-0.15, -0.1) is 0 Å². The molecule has 0 aliphatic carbocycles. The van der Waals surface area contributed by atoms with E-state index in [-0.39, 0.29) is 19.4 Å². The fourth-order valence-corrected chi connectivity index (χ4v) is 7.89. The summed E-state index contributed by atoms with van der Waals surface area (Å²) in [5, 5.41) is 28.7. The molecule has 0 radical (unpaired) electrons. The number of phosphoric acid groups is 1. The second-order valence-corrected chi connectivity index (χ2v) is 19.1. The number of unbranched alkanes of at least 4 members (excludes halogenated alkanes) is 23. The Hall–Kier alpha value is -1.85. The van der Waals surface area contributed by atoms with Crippen molar-refractivity contribution in [2.75, 3.05) is 26.4 Å². The molecule has 0 spiro atoms. The van der Waals surface area contributed by atoms with Gasteiger partial charge in [-0.3, -0.25) is 18.6 Å². The van der Waals surface area contributed by atoms with Gasteiger partial charge in [-0.05, 0) is 44.4 Å². The average Bonchev–Trinajstić information content (AvgIpc) is 3.27. The Labute approximate surface area is 384 Å². The predicted molar refractivity (Wildman–Crippen MR) is 257 cm³/mol. The lowest BCUT2D eigenvalue weighted by Gasteiger charge is -2.20. The lowest BCUT2D eigenvalue weighted by Crippen LogP contribution is -2.30. The van der Waals surface area contributed by atoms with E-state index in [0.717, 1.165) is 38.0 Å². The first-order valence-corrected chi connectivity index (χ1v) is 26.9. The van der Waals surface area contributed by atoms with E-state index < -0.39 is 57.9 Å². The van der Waals surface area contributed by atoms with Gasteiger partial charge in [0, 0.05) is 12.8 Å². The summed E-state index contributed by atoms with van der Waals surface area (Å²) in [5.41, 5.74) is 0. The molecule has 3 unspecified atom stereocenters. The molecule has 12 heteroatoms. The molecule has 0 aliphatic heterocycles. The topological polar surface area (TPSA) is 169 Å². The maximum atomic E-state index is 12.7. The zero-order valence-electron chi connectivity index (χ0n) is 40.3. The molecule has 4 N–H and O–H groups in total. The number of phosphoric ester groups is 1. The van der Waals surface area contributed by atoms with Gasteiger partial charge in [0.2, 0.25) is 0 Å². The van der Waals surface area contributed by atoms with Crippen molar-refractivity contribution in [2.45, 2.75) is 245 Å². The van der Waals surface area contributed by atoms with Crippen molar-refractivity contribution in [1.29, 1.82) is 0 Å². The maximum Gasteiger partial charge on any atom is 0.472 e. The van der Waals surface area contributed by atoms with Gasteiger partial charge < -0.3 is 29.7 Å². The standard InChI is InChI=1S/C51H95O11P/c1-4-6-7-8-9-10-11-18-22-25-28-31-34-38-47(53)39-36-41-51(56)62-49(45-61-63(57,58)60-43-48(54)42-52)44-59-50(55)40-35-32-29-26-23-20-17-15-13-12-14-16-19-21-24-27-30-33-37-46(3)5-2/h18,22,28,31,34,38,46-49,52-54H,4-17,19-21,23-27,29-30,32-33,35-37,39-45H2,1-3H3,(H,57,58)/b22-18+,31-28+,38-34+/t46?,47?,48-,49+/m0/s1. The third-order valence-electron chi connectivity index (χ3n) is 11.4.